The minimum Gasteiger partial charge on any atom is -0.426 e. The molecule has 0 amide bonds. The van der Waals surface area contributed by atoms with Crippen molar-refractivity contribution in [1.29, 1.82) is 0 Å². The van der Waals surface area contributed by atoms with E-state index < -0.39 is 30.7 Å². The fraction of sp³-hybridized carbons (Fsp3) is 0.700. The number of hydrogen-bond acceptors (Lipinski definition) is 3. The predicted molar refractivity (Wildman–Crippen MR) is 52.3 cm³/mol. The van der Waals surface area contributed by atoms with Crippen LogP contribution >= 0.6 is 0 Å². The average Bonchev–Trinajstić information content (AvgIpc) is 2.18. The van der Waals surface area contributed by atoms with E-state index in [-0.39, 0.29) is 5.92 Å². The molecule has 19 heavy (non-hydrogen) atoms. The van der Waals surface area contributed by atoms with Crippen molar-refractivity contribution in [2.45, 2.75) is 38.4 Å². The average molecular weight is 294 g/mol. The van der Waals surface area contributed by atoms with Crippen molar-refractivity contribution in [2.75, 3.05) is 0 Å². The quantitative estimate of drug-likeness (QED) is 0.449. The van der Waals surface area contributed by atoms with E-state index in [2.05, 4.69) is 16.1 Å². The summed E-state index contributed by atoms with van der Waals surface area (Å²) in [6.45, 7) is 6.30. The molecule has 0 saturated carbocycles. The predicted octanol–water partition coefficient (Wildman–Crippen LogP) is 3.84. The van der Waals surface area contributed by atoms with Crippen LogP contribution < -0.4 is 0 Å². The fourth-order valence-corrected chi connectivity index (χ4v) is 1.01. The zero-order valence-electron chi connectivity index (χ0n) is 10.0. The van der Waals surface area contributed by atoms with Gasteiger partial charge in [0.15, 0.2) is 0 Å². The zero-order chi connectivity index (χ0) is 15.4. The maximum Gasteiger partial charge on any atom is 0.509 e. The Morgan fingerprint density at radius 3 is 1.74 bits per heavy atom. The molecular weight excluding hydrogens is 282 g/mol. The third-order valence-electron chi connectivity index (χ3n) is 1.93. The molecule has 0 aromatic heterocycles. The van der Waals surface area contributed by atoms with Crippen LogP contribution in [0.4, 0.5) is 31.1 Å². The van der Waals surface area contributed by atoms with Gasteiger partial charge in [0, 0.05) is 0 Å². The van der Waals surface area contributed by atoms with Gasteiger partial charge in [-0.1, -0.05) is 26.5 Å². The van der Waals surface area contributed by atoms with E-state index in [9.17, 15) is 31.1 Å². The summed E-state index contributed by atoms with van der Waals surface area (Å²) in [7, 11) is 0. The lowest BCUT2D eigenvalue weighted by Gasteiger charge is -2.24. The van der Waals surface area contributed by atoms with Crippen molar-refractivity contribution in [3.05, 3.63) is 12.7 Å². The van der Waals surface area contributed by atoms with E-state index in [4.69, 9.17) is 0 Å². The molecule has 0 aliphatic carbocycles. The van der Waals surface area contributed by atoms with Crippen LogP contribution in [-0.2, 0) is 9.47 Å². The second-order valence-corrected chi connectivity index (χ2v) is 3.89. The Labute approximate surface area is 105 Å². The Balaban J connectivity index is 4.80. The van der Waals surface area contributed by atoms with Gasteiger partial charge >= 0.3 is 18.5 Å². The van der Waals surface area contributed by atoms with Crippen LogP contribution in [0.5, 0.6) is 0 Å². The summed E-state index contributed by atoms with van der Waals surface area (Å²) < 4.78 is 80.1. The standard InChI is InChI=1S/C10H12F6O3/c1-4-6(5(2)3)18-8(17)19-7(9(11,12)13)10(14,15)16/h4-7H,1H2,2-3H3/t6-/m1/s1. The molecule has 9 heteroatoms. The van der Waals surface area contributed by atoms with Crippen LogP contribution in [-0.4, -0.2) is 30.7 Å². The number of hydrogen-bond donors (Lipinski definition) is 0. The third kappa shape index (κ3) is 5.84. The molecule has 0 bridgehead atoms. The molecule has 0 rings (SSSR count). The summed E-state index contributed by atoms with van der Waals surface area (Å²) >= 11 is 0. The van der Waals surface area contributed by atoms with Gasteiger partial charge in [0.1, 0.15) is 6.10 Å². The highest BCUT2D eigenvalue weighted by atomic mass is 19.4. The number of rotatable bonds is 4. The van der Waals surface area contributed by atoms with Crippen LogP contribution in [0.1, 0.15) is 13.8 Å². The molecule has 0 radical (unpaired) electrons. The lowest BCUT2D eigenvalue weighted by molar-refractivity contribution is -0.311. The highest BCUT2D eigenvalue weighted by Crippen LogP contribution is 2.36. The van der Waals surface area contributed by atoms with E-state index >= 15 is 0 Å². The van der Waals surface area contributed by atoms with Crippen LogP contribution in [0.2, 0.25) is 0 Å². The SMILES string of the molecule is C=C[C@@H](OC(=O)OC(C(F)(F)F)C(F)(F)F)C(C)C. The van der Waals surface area contributed by atoms with Gasteiger partial charge in [-0.15, -0.1) is 0 Å². The largest absolute Gasteiger partial charge is 0.509 e. The summed E-state index contributed by atoms with van der Waals surface area (Å²) in [6, 6.07) is 0. The lowest BCUT2D eigenvalue weighted by atomic mass is 10.1. The number of alkyl halides is 6. The van der Waals surface area contributed by atoms with E-state index in [0.29, 0.717) is 0 Å². The first-order valence-corrected chi connectivity index (χ1v) is 5.02. The Kier molecular flexibility index (Phi) is 5.70. The summed E-state index contributed by atoms with van der Waals surface area (Å²) in [5.74, 6) is -0.375. The van der Waals surface area contributed by atoms with Crippen molar-refractivity contribution < 1.29 is 40.6 Å². The number of ether oxygens (including phenoxy) is 2. The third-order valence-corrected chi connectivity index (χ3v) is 1.93. The number of halogens is 6. The highest BCUT2D eigenvalue weighted by molar-refractivity contribution is 5.60. The van der Waals surface area contributed by atoms with E-state index in [1.165, 1.54) is 13.8 Å². The minimum atomic E-state index is -5.77. The topological polar surface area (TPSA) is 35.5 Å². The van der Waals surface area contributed by atoms with Gasteiger partial charge in [-0.25, -0.2) is 4.79 Å². The Hall–Kier alpha value is -1.41. The first kappa shape index (κ1) is 17.6. The van der Waals surface area contributed by atoms with E-state index in [1.807, 2.05) is 0 Å². The molecule has 3 nitrogen and oxygen atoms in total. The van der Waals surface area contributed by atoms with Crippen molar-refractivity contribution in [3.8, 4) is 0 Å². The smallest absolute Gasteiger partial charge is 0.426 e. The lowest BCUT2D eigenvalue weighted by Crippen LogP contribution is -2.46. The van der Waals surface area contributed by atoms with E-state index in [1.54, 1.807) is 0 Å². The van der Waals surface area contributed by atoms with Gasteiger partial charge in [-0.3, -0.25) is 0 Å². The van der Waals surface area contributed by atoms with Gasteiger partial charge in [-0.2, -0.15) is 26.3 Å². The molecule has 0 saturated heterocycles. The van der Waals surface area contributed by atoms with Crippen LogP contribution in [0.25, 0.3) is 0 Å². The molecule has 0 aromatic rings. The second kappa shape index (κ2) is 6.16. The minimum absolute atomic E-state index is 0.375. The van der Waals surface area contributed by atoms with Crippen molar-refractivity contribution >= 4 is 6.16 Å². The molecule has 112 valence electrons. The van der Waals surface area contributed by atoms with Crippen molar-refractivity contribution in [3.63, 3.8) is 0 Å². The molecule has 0 N–H and O–H groups in total. The number of carbonyl (C=O) groups is 1. The van der Waals surface area contributed by atoms with E-state index in [0.717, 1.165) is 6.08 Å². The molecule has 1 atom stereocenters. The fourth-order valence-electron chi connectivity index (χ4n) is 1.01. The molecule has 0 unspecified atom stereocenters. The Morgan fingerprint density at radius 1 is 1.05 bits per heavy atom. The van der Waals surface area contributed by atoms with Gasteiger partial charge < -0.3 is 9.47 Å². The summed E-state index contributed by atoms with van der Waals surface area (Å²) in [5.41, 5.74) is 0. The normalized spacial score (nSPS) is 14.4. The highest BCUT2D eigenvalue weighted by Gasteiger charge is 2.60. The molecule has 0 aliphatic heterocycles. The Morgan fingerprint density at radius 2 is 1.47 bits per heavy atom. The monoisotopic (exact) mass is 294 g/mol. The first-order chi connectivity index (χ1) is 8.39. The molecule has 0 heterocycles. The maximum atomic E-state index is 12.1. The summed E-state index contributed by atoms with van der Waals surface area (Å²) in [4.78, 5) is 10.9. The van der Waals surface area contributed by atoms with Crippen LogP contribution in [0.15, 0.2) is 12.7 Å². The molecule has 0 aliphatic rings. The summed E-state index contributed by atoms with van der Waals surface area (Å²) in [5, 5.41) is 0. The molecular formula is C10H12F6O3. The van der Waals surface area contributed by atoms with Crippen molar-refractivity contribution in [2.24, 2.45) is 5.92 Å². The van der Waals surface area contributed by atoms with Crippen molar-refractivity contribution in [1.82, 2.24) is 0 Å². The molecule has 0 spiro atoms. The van der Waals surface area contributed by atoms with Gasteiger partial charge in [-0.05, 0) is 5.92 Å². The second-order valence-electron chi connectivity index (χ2n) is 3.89. The molecule has 0 fully saturated rings. The zero-order valence-corrected chi connectivity index (χ0v) is 10.0. The van der Waals surface area contributed by atoms with Crippen LogP contribution in [0, 0.1) is 5.92 Å². The first-order valence-electron chi connectivity index (χ1n) is 5.02. The van der Waals surface area contributed by atoms with Gasteiger partial charge in [0.2, 0.25) is 0 Å². The van der Waals surface area contributed by atoms with Gasteiger partial charge in [0.05, 0.1) is 0 Å². The maximum absolute atomic E-state index is 12.1. The number of carbonyl (C=O) groups excluding carboxylic acids is 1. The van der Waals surface area contributed by atoms with Crippen LogP contribution in [0.3, 0.4) is 0 Å². The Bertz CT molecular complexity index is 306. The van der Waals surface area contributed by atoms with Gasteiger partial charge in [0.25, 0.3) is 6.10 Å². The summed E-state index contributed by atoms with van der Waals surface area (Å²) in [6.07, 6.45) is -17.8. The molecule has 0 aromatic carbocycles.